The standard InChI is InChI=1S/C23H31NO4S/c1-17(2)15-16-28-22(25)21(18-9-7-6-8-10-18)24-29(26,27)20-13-11-19(12-14-20)23(3,4)5/h6-14,17,21,24H,15-16H2,1-5H3. The van der Waals surface area contributed by atoms with Gasteiger partial charge in [0.2, 0.25) is 10.0 Å². The molecule has 5 nitrogen and oxygen atoms in total. The van der Waals surface area contributed by atoms with Gasteiger partial charge in [-0.2, -0.15) is 4.72 Å². The van der Waals surface area contributed by atoms with Crippen LogP contribution in [0.3, 0.4) is 0 Å². The van der Waals surface area contributed by atoms with Gasteiger partial charge in [-0.25, -0.2) is 13.2 Å². The molecule has 1 unspecified atom stereocenters. The van der Waals surface area contributed by atoms with E-state index in [-0.39, 0.29) is 16.9 Å². The number of sulfonamides is 1. The van der Waals surface area contributed by atoms with Crippen LogP contribution < -0.4 is 4.72 Å². The number of carbonyl (C=O) groups is 1. The van der Waals surface area contributed by atoms with E-state index in [9.17, 15) is 13.2 Å². The lowest BCUT2D eigenvalue weighted by atomic mass is 9.87. The molecule has 0 aromatic heterocycles. The molecule has 1 N–H and O–H groups in total. The van der Waals surface area contributed by atoms with Crippen LogP contribution in [-0.4, -0.2) is 21.0 Å². The van der Waals surface area contributed by atoms with Gasteiger partial charge >= 0.3 is 5.97 Å². The van der Waals surface area contributed by atoms with Crippen LogP contribution in [0.25, 0.3) is 0 Å². The second-order valence-electron chi connectivity index (χ2n) is 8.59. The second kappa shape index (κ2) is 9.55. The minimum Gasteiger partial charge on any atom is -0.464 e. The Hall–Kier alpha value is -2.18. The first-order chi connectivity index (χ1) is 13.5. The maximum atomic E-state index is 12.9. The zero-order valence-corrected chi connectivity index (χ0v) is 18.6. The Balaban J connectivity index is 2.26. The van der Waals surface area contributed by atoms with Crippen molar-refractivity contribution in [3.05, 3.63) is 65.7 Å². The lowest BCUT2D eigenvalue weighted by Crippen LogP contribution is -2.35. The van der Waals surface area contributed by atoms with Crippen molar-refractivity contribution >= 4 is 16.0 Å². The minimum atomic E-state index is -3.91. The van der Waals surface area contributed by atoms with E-state index in [0.717, 1.165) is 5.56 Å². The average molecular weight is 418 g/mol. The van der Waals surface area contributed by atoms with Crippen LogP contribution in [0, 0.1) is 5.92 Å². The maximum absolute atomic E-state index is 12.9. The summed E-state index contributed by atoms with van der Waals surface area (Å²) in [4.78, 5) is 12.8. The van der Waals surface area contributed by atoms with Crippen molar-refractivity contribution in [2.45, 2.75) is 57.4 Å². The fourth-order valence-corrected chi connectivity index (χ4v) is 3.91. The fraction of sp³-hybridized carbons (Fsp3) is 0.435. The van der Waals surface area contributed by atoms with E-state index in [0.29, 0.717) is 17.9 Å². The summed E-state index contributed by atoms with van der Waals surface area (Å²) in [7, 11) is -3.91. The Morgan fingerprint density at radius 2 is 1.59 bits per heavy atom. The Labute approximate surface area is 174 Å². The first-order valence-corrected chi connectivity index (χ1v) is 11.3. The summed E-state index contributed by atoms with van der Waals surface area (Å²) in [6.07, 6.45) is 0.717. The van der Waals surface area contributed by atoms with E-state index < -0.39 is 22.0 Å². The number of esters is 1. The van der Waals surface area contributed by atoms with Gasteiger partial charge in [-0.15, -0.1) is 0 Å². The van der Waals surface area contributed by atoms with Crippen LogP contribution in [0.1, 0.15) is 58.2 Å². The number of benzene rings is 2. The highest BCUT2D eigenvalue weighted by molar-refractivity contribution is 7.89. The number of hydrogen-bond acceptors (Lipinski definition) is 4. The number of rotatable bonds is 8. The Kier molecular flexibility index (Phi) is 7.60. The highest BCUT2D eigenvalue weighted by Crippen LogP contribution is 2.24. The summed E-state index contributed by atoms with van der Waals surface area (Å²) in [5.74, 6) is -0.220. The second-order valence-corrected chi connectivity index (χ2v) is 10.3. The molecule has 6 heteroatoms. The van der Waals surface area contributed by atoms with Crippen molar-refractivity contribution in [1.82, 2.24) is 4.72 Å². The Morgan fingerprint density at radius 1 is 1.00 bits per heavy atom. The van der Waals surface area contributed by atoms with Crippen LogP contribution >= 0.6 is 0 Å². The number of hydrogen-bond donors (Lipinski definition) is 1. The molecule has 0 radical (unpaired) electrons. The zero-order chi connectivity index (χ0) is 21.7. The SMILES string of the molecule is CC(C)CCOC(=O)C(NS(=O)(=O)c1ccc(C(C)(C)C)cc1)c1ccccc1. The molecule has 2 aromatic carbocycles. The molecule has 0 heterocycles. The highest BCUT2D eigenvalue weighted by atomic mass is 32.2. The molecule has 0 amide bonds. The van der Waals surface area contributed by atoms with Crippen LogP contribution in [0.2, 0.25) is 0 Å². The molecule has 2 aromatic rings. The summed E-state index contributed by atoms with van der Waals surface area (Å²) < 4.78 is 33.8. The third-order valence-electron chi connectivity index (χ3n) is 4.61. The summed E-state index contributed by atoms with van der Waals surface area (Å²) in [5.41, 5.74) is 1.49. The topological polar surface area (TPSA) is 72.5 Å². The molecular formula is C23H31NO4S. The number of ether oxygens (including phenoxy) is 1. The molecule has 1 atom stereocenters. The molecule has 158 valence electrons. The smallest absolute Gasteiger partial charge is 0.328 e. The third kappa shape index (κ3) is 6.68. The van der Waals surface area contributed by atoms with Gasteiger partial charge in [0.15, 0.2) is 0 Å². The number of nitrogens with one attached hydrogen (secondary N) is 1. The van der Waals surface area contributed by atoms with Gasteiger partial charge in [0.05, 0.1) is 11.5 Å². The first-order valence-electron chi connectivity index (χ1n) is 9.85. The normalized spacial score (nSPS) is 13.3. The molecule has 0 aliphatic carbocycles. The molecule has 0 saturated carbocycles. The van der Waals surface area contributed by atoms with E-state index in [2.05, 4.69) is 25.5 Å². The Morgan fingerprint density at radius 3 is 2.10 bits per heavy atom. The van der Waals surface area contributed by atoms with Gasteiger partial charge in [-0.3, -0.25) is 0 Å². The van der Waals surface area contributed by atoms with E-state index in [4.69, 9.17) is 4.74 Å². The van der Waals surface area contributed by atoms with Gasteiger partial charge < -0.3 is 4.74 Å². The van der Waals surface area contributed by atoms with Gasteiger partial charge in [-0.1, -0.05) is 77.1 Å². The molecule has 0 spiro atoms. The molecule has 0 saturated heterocycles. The van der Waals surface area contributed by atoms with Crippen molar-refractivity contribution in [3.8, 4) is 0 Å². The Bertz CT molecular complexity index is 898. The third-order valence-corrected chi connectivity index (χ3v) is 6.05. The van der Waals surface area contributed by atoms with E-state index in [1.54, 1.807) is 48.5 Å². The van der Waals surface area contributed by atoms with Crippen molar-refractivity contribution in [3.63, 3.8) is 0 Å². The van der Waals surface area contributed by atoms with E-state index >= 15 is 0 Å². The first kappa shape index (κ1) is 23.1. The average Bonchev–Trinajstić information content (AvgIpc) is 2.66. The molecule has 0 aliphatic heterocycles. The molecule has 0 bridgehead atoms. The lowest BCUT2D eigenvalue weighted by molar-refractivity contribution is -0.146. The van der Waals surface area contributed by atoms with Crippen LogP contribution in [0.4, 0.5) is 0 Å². The minimum absolute atomic E-state index is 0.0808. The van der Waals surface area contributed by atoms with Crippen LogP contribution in [-0.2, 0) is 25.0 Å². The predicted octanol–water partition coefficient (Wildman–Crippen LogP) is 4.59. The van der Waals surface area contributed by atoms with Gasteiger partial charge in [0.25, 0.3) is 0 Å². The summed E-state index contributed by atoms with van der Waals surface area (Å²) in [6, 6.07) is 14.4. The van der Waals surface area contributed by atoms with Crippen molar-refractivity contribution < 1.29 is 17.9 Å². The van der Waals surface area contributed by atoms with Crippen molar-refractivity contribution in [1.29, 1.82) is 0 Å². The monoisotopic (exact) mass is 417 g/mol. The van der Waals surface area contributed by atoms with E-state index in [1.807, 2.05) is 19.9 Å². The largest absolute Gasteiger partial charge is 0.464 e. The number of carbonyl (C=O) groups excluding carboxylic acids is 1. The van der Waals surface area contributed by atoms with Gasteiger partial charge in [0.1, 0.15) is 6.04 Å². The molecule has 29 heavy (non-hydrogen) atoms. The summed E-state index contributed by atoms with van der Waals surface area (Å²) in [6.45, 7) is 10.5. The molecule has 0 fully saturated rings. The zero-order valence-electron chi connectivity index (χ0n) is 17.8. The molecule has 0 aliphatic rings. The highest BCUT2D eigenvalue weighted by Gasteiger charge is 2.29. The summed E-state index contributed by atoms with van der Waals surface area (Å²) >= 11 is 0. The van der Waals surface area contributed by atoms with Gasteiger partial charge in [0, 0.05) is 0 Å². The van der Waals surface area contributed by atoms with Gasteiger partial charge in [-0.05, 0) is 41.0 Å². The summed E-state index contributed by atoms with van der Waals surface area (Å²) in [5, 5.41) is 0. The molecular weight excluding hydrogens is 386 g/mol. The quantitative estimate of drug-likeness (QED) is 0.638. The van der Waals surface area contributed by atoms with Crippen molar-refractivity contribution in [2.75, 3.05) is 6.61 Å². The maximum Gasteiger partial charge on any atom is 0.328 e. The predicted molar refractivity (Wildman–Crippen MR) is 115 cm³/mol. The fourth-order valence-electron chi connectivity index (χ4n) is 2.73. The lowest BCUT2D eigenvalue weighted by Gasteiger charge is -2.20. The van der Waals surface area contributed by atoms with Crippen molar-refractivity contribution in [2.24, 2.45) is 5.92 Å². The van der Waals surface area contributed by atoms with Crippen LogP contribution in [0.15, 0.2) is 59.5 Å². The molecule has 2 rings (SSSR count). The van der Waals surface area contributed by atoms with E-state index in [1.165, 1.54) is 0 Å². The van der Waals surface area contributed by atoms with Crippen LogP contribution in [0.5, 0.6) is 0 Å².